The second kappa shape index (κ2) is 12.0. The lowest BCUT2D eigenvalue weighted by Crippen LogP contribution is -2.42. The highest BCUT2D eigenvalue weighted by atomic mass is 16.3. The Morgan fingerprint density at radius 1 is 1.19 bits per heavy atom. The molecule has 1 saturated carbocycles. The van der Waals surface area contributed by atoms with Crippen LogP contribution in [0, 0.1) is 5.92 Å². The van der Waals surface area contributed by atoms with Gasteiger partial charge in [0.1, 0.15) is 17.9 Å². The van der Waals surface area contributed by atoms with Gasteiger partial charge in [0.25, 0.3) is 0 Å². The van der Waals surface area contributed by atoms with E-state index in [1.807, 2.05) is 12.4 Å². The SMILES string of the molecule is CCc1nncn1CCNC(=NCC(c1ccco1)N1CCCC1)NCC1CCCCC1. The largest absolute Gasteiger partial charge is 0.468 e. The quantitative estimate of drug-likeness (QED) is 0.434. The zero-order valence-electron chi connectivity index (χ0n) is 19.5. The Kier molecular flexibility index (Phi) is 8.59. The van der Waals surface area contributed by atoms with Crippen LogP contribution in [0.2, 0.25) is 0 Å². The standard InChI is InChI=1S/C24H39N7O/c1-2-23-29-28-19-31(23)15-12-25-24(26-17-20-9-4-3-5-10-20)27-18-21(22-11-8-16-32-22)30-13-6-7-14-30/h8,11,16,19-21H,2-7,9-10,12-15,17-18H2,1H3,(H2,25,26,27). The number of aromatic nitrogens is 3. The predicted molar refractivity (Wildman–Crippen MR) is 127 cm³/mol. The number of hydrogen-bond donors (Lipinski definition) is 2. The first-order valence-electron chi connectivity index (χ1n) is 12.5. The van der Waals surface area contributed by atoms with Crippen molar-refractivity contribution in [2.24, 2.45) is 10.9 Å². The second-order valence-corrected chi connectivity index (χ2v) is 9.07. The summed E-state index contributed by atoms with van der Waals surface area (Å²) < 4.78 is 7.89. The molecule has 0 amide bonds. The number of aryl methyl sites for hydroxylation is 1. The lowest BCUT2D eigenvalue weighted by atomic mass is 9.89. The van der Waals surface area contributed by atoms with Crippen LogP contribution in [0.3, 0.4) is 0 Å². The van der Waals surface area contributed by atoms with Gasteiger partial charge in [0.15, 0.2) is 5.96 Å². The molecule has 2 aliphatic rings. The Morgan fingerprint density at radius 3 is 2.78 bits per heavy atom. The molecule has 8 nitrogen and oxygen atoms in total. The van der Waals surface area contributed by atoms with Crippen LogP contribution in [0.15, 0.2) is 34.1 Å². The number of hydrogen-bond acceptors (Lipinski definition) is 5. The molecule has 3 heterocycles. The molecular weight excluding hydrogens is 402 g/mol. The average molecular weight is 442 g/mol. The first kappa shape index (κ1) is 22.8. The molecular formula is C24H39N7O. The Bertz CT molecular complexity index is 804. The molecule has 2 fully saturated rings. The normalized spacial score (nSPS) is 19.3. The molecule has 32 heavy (non-hydrogen) atoms. The number of furan rings is 1. The van der Waals surface area contributed by atoms with Crippen LogP contribution < -0.4 is 10.6 Å². The van der Waals surface area contributed by atoms with E-state index in [9.17, 15) is 0 Å². The molecule has 0 radical (unpaired) electrons. The summed E-state index contributed by atoms with van der Waals surface area (Å²) in [7, 11) is 0. The van der Waals surface area contributed by atoms with E-state index >= 15 is 0 Å². The molecule has 0 aromatic carbocycles. The van der Waals surface area contributed by atoms with E-state index in [0.717, 1.165) is 62.6 Å². The first-order chi connectivity index (χ1) is 15.8. The molecule has 1 aliphatic carbocycles. The maximum atomic E-state index is 5.78. The van der Waals surface area contributed by atoms with Gasteiger partial charge >= 0.3 is 0 Å². The summed E-state index contributed by atoms with van der Waals surface area (Å²) in [4.78, 5) is 7.53. The second-order valence-electron chi connectivity index (χ2n) is 9.07. The fourth-order valence-electron chi connectivity index (χ4n) is 4.94. The lowest BCUT2D eigenvalue weighted by molar-refractivity contribution is 0.221. The topological polar surface area (TPSA) is 83.5 Å². The van der Waals surface area contributed by atoms with Gasteiger partial charge in [-0.25, -0.2) is 0 Å². The summed E-state index contributed by atoms with van der Waals surface area (Å²) >= 11 is 0. The minimum absolute atomic E-state index is 0.199. The zero-order chi connectivity index (χ0) is 22.0. The van der Waals surface area contributed by atoms with Crippen LogP contribution in [0.1, 0.15) is 69.5 Å². The molecule has 4 rings (SSSR count). The van der Waals surface area contributed by atoms with Gasteiger partial charge in [-0.2, -0.15) is 0 Å². The number of aliphatic imine (C=N–C) groups is 1. The number of nitrogens with one attached hydrogen (secondary N) is 2. The minimum Gasteiger partial charge on any atom is -0.468 e. The summed E-state index contributed by atoms with van der Waals surface area (Å²) in [6.07, 6.45) is 13.7. The van der Waals surface area contributed by atoms with Crippen LogP contribution in [0.25, 0.3) is 0 Å². The molecule has 2 aromatic heterocycles. The molecule has 1 unspecified atom stereocenters. The zero-order valence-corrected chi connectivity index (χ0v) is 19.5. The van der Waals surface area contributed by atoms with Gasteiger partial charge in [0, 0.05) is 26.1 Å². The third-order valence-corrected chi connectivity index (χ3v) is 6.82. The summed E-state index contributed by atoms with van der Waals surface area (Å²) in [6, 6.07) is 4.26. The fourth-order valence-corrected chi connectivity index (χ4v) is 4.94. The van der Waals surface area contributed by atoms with Crippen LogP contribution >= 0.6 is 0 Å². The van der Waals surface area contributed by atoms with Crippen molar-refractivity contribution in [2.75, 3.05) is 32.7 Å². The van der Waals surface area contributed by atoms with Gasteiger partial charge in [0.05, 0.1) is 18.8 Å². The molecule has 2 aromatic rings. The molecule has 2 N–H and O–H groups in total. The molecule has 0 bridgehead atoms. The molecule has 176 valence electrons. The molecule has 8 heteroatoms. The number of guanidine groups is 1. The Balaban J connectivity index is 1.39. The number of rotatable bonds is 10. The average Bonchev–Trinajstić information content (AvgIpc) is 3.61. The summed E-state index contributed by atoms with van der Waals surface area (Å²) in [5.41, 5.74) is 0. The third kappa shape index (κ3) is 6.34. The Morgan fingerprint density at radius 2 is 2.03 bits per heavy atom. The van der Waals surface area contributed by atoms with Crippen molar-refractivity contribution in [3.05, 3.63) is 36.3 Å². The maximum absolute atomic E-state index is 5.78. The highest BCUT2D eigenvalue weighted by Crippen LogP contribution is 2.26. The van der Waals surface area contributed by atoms with Crippen molar-refractivity contribution in [3.8, 4) is 0 Å². The van der Waals surface area contributed by atoms with E-state index < -0.39 is 0 Å². The monoisotopic (exact) mass is 441 g/mol. The van der Waals surface area contributed by atoms with E-state index in [0.29, 0.717) is 6.54 Å². The Hall–Kier alpha value is -2.35. The Labute approximate surface area is 191 Å². The summed E-state index contributed by atoms with van der Waals surface area (Å²) in [6.45, 7) is 7.65. The van der Waals surface area contributed by atoms with Crippen LogP contribution in [-0.4, -0.2) is 58.3 Å². The van der Waals surface area contributed by atoms with Crippen molar-refractivity contribution in [1.29, 1.82) is 0 Å². The molecule has 0 spiro atoms. The maximum Gasteiger partial charge on any atom is 0.191 e. The summed E-state index contributed by atoms with van der Waals surface area (Å²) in [5.74, 6) is 3.68. The van der Waals surface area contributed by atoms with E-state index in [4.69, 9.17) is 9.41 Å². The van der Waals surface area contributed by atoms with E-state index in [2.05, 4.69) is 43.3 Å². The van der Waals surface area contributed by atoms with Crippen LogP contribution in [-0.2, 0) is 13.0 Å². The predicted octanol–water partition coefficient (Wildman–Crippen LogP) is 3.39. The van der Waals surface area contributed by atoms with Crippen molar-refractivity contribution in [3.63, 3.8) is 0 Å². The fraction of sp³-hybridized carbons (Fsp3) is 0.708. The molecule has 1 saturated heterocycles. The number of likely N-dealkylation sites (tertiary alicyclic amines) is 1. The van der Waals surface area contributed by atoms with E-state index in [1.54, 1.807) is 6.26 Å². The van der Waals surface area contributed by atoms with Gasteiger partial charge in [-0.05, 0) is 56.8 Å². The third-order valence-electron chi connectivity index (χ3n) is 6.82. The number of nitrogens with zero attached hydrogens (tertiary/aromatic N) is 5. The highest BCUT2D eigenvalue weighted by Gasteiger charge is 2.25. The van der Waals surface area contributed by atoms with Gasteiger partial charge in [-0.3, -0.25) is 9.89 Å². The summed E-state index contributed by atoms with van der Waals surface area (Å²) in [5, 5.41) is 15.4. The van der Waals surface area contributed by atoms with Gasteiger partial charge in [-0.1, -0.05) is 26.2 Å². The molecule has 1 atom stereocenters. The van der Waals surface area contributed by atoms with Crippen molar-refractivity contribution in [2.45, 2.75) is 70.9 Å². The molecule has 1 aliphatic heterocycles. The van der Waals surface area contributed by atoms with Crippen LogP contribution in [0.4, 0.5) is 0 Å². The van der Waals surface area contributed by atoms with Gasteiger partial charge in [-0.15, -0.1) is 10.2 Å². The minimum atomic E-state index is 0.199. The van der Waals surface area contributed by atoms with Crippen LogP contribution in [0.5, 0.6) is 0 Å². The van der Waals surface area contributed by atoms with E-state index in [-0.39, 0.29) is 6.04 Å². The smallest absolute Gasteiger partial charge is 0.191 e. The van der Waals surface area contributed by atoms with E-state index in [1.165, 1.54) is 44.9 Å². The van der Waals surface area contributed by atoms with Crippen molar-refractivity contribution >= 4 is 5.96 Å². The van der Waals surface area contributed by atoms with Crippen molar-refractivity contribution in [1.82, 2.24) is 30.3 Å². The first-order valence-corrected chi connectivity index (χ1v) is 12.5. The lowest BCUT2D eigenvalue weighted by Gasteiger charge is -2.26. The van der Waals surface area contributed by atoms with Gasteiger partial charge < -0.3 is 19.6 Å². The highest BCUT2D eigenvalue weighted by molar-refractivity contribution is 5.79. The van der Waals surface area contributed by atoms with Gasteiger partial charge in [0.2, 0.25) is 0 Å². The van der Waals surface area contributed by atoms with Crippen molar-refractivity contribution < 1.29 is 4.42 Å².